The molecule has 0 spiro atoms. The summed E-state index contributed by atoms with van der Waals surface area (Å²) in [6.07, 6.45) is 0.0205. The molecule has 2 aromatic heterocycles. The molecule has 186 valence electrons. The van der Waals surface area contributed by atoms with E-state index in [2.05, 4.69) is 4.98 Å². The average Bonchev–Trinajstić information content (AvgIpc) is 2.84. The number of aryl methyl sites for hydroxylation is 2. The number of aromatic amines is 1. The van der Waals surface area contributed by atoms with Gasteiger partial charge >= 0.3 is 5.97 Å². The van der Waals surface area contributed by atoms with Crippen molar-refractivity contribution in [3.8, 4) is 17.2 Å². The summed E-state index contributed by atoms with van der Waals surface area (Å²) in [5.74, 6) is -2.53. The van der Waals surface area contributed by atoms with Gasteiger partial charge in [-0.05, 0) is 54.6 Å². The van der Waals surface area contributed by atoms with Crippen LogP contribution in [0, 0.1) is 6.92 Å². The molecule has 0 fully saturated rings. The third-order valence-corrected chi connectivity index (χ3v) is 6.29. The fourth-order valence-corrected chi connectivity index (χ4v) is 4.38. The smallest absolute Gasteiger partial charge is 0.306 e. The molecule has 2 heterocycles. The maximum absolute atomic E-state index is 13.7. The summed E-state index contributed by atoms with van der Waals surface area (Å²) >= 11 is 0. The number of para-hydroxylation sites is 1. The van der Waals surface area contributed by atoms with E-state index in [1.54, 1.807) is 43.3 Å². The number of fused-ring (bicyclic) bond motifs is 1. The molecule has 0 radical (unpaired) electrons. The Morgan fingerprint density at radius 1 is 1.00 bits per heavy atom. The molecule has 4 rings (SSSR count). The summed E-state index contributed by atoms with van der Waals surface area (Å²) < 4.78 is 6.27. The highest BCUT2D eigenvalue weighted by Crippen LogP contribution is 2.32. The van der Waals surface area contributed by atoms with Gasteiger partial charge in [-0.25, -0.2) is 0 Å². The number of phenolic OH excluding ortho intramolecular Hbond substituents is 2. The molecule has 1 atom stereocenters. The number of benzene rings is 2. The molecule has 2 aromatic carbocycles. The first-order valence-corrected chi connectivity index (χ1v) is 11.3. The fourth-order valence-electron chi connectivity index (χ4n) is 4.38. The Morgan fingerprint density at radius 3 is 2.47 bits per heavy atom. The van der Waals surface area contributed by atoms with E-state index in [0.717, 1.165) is 0 Å². The zero-order valence-electron chi connectivity index (χ0n) is 19.8. The van der Waals surface area contributed by atoms with Crippen LogP contribution in [0.3, 0.4) is 0 Å². The number of nitrogens with zero attached hydrogens (tertiary/aromatic N) is 1. The van der Waals surface area contributed by atoms with Crippen LogP contribution in [0.25, 0.3) is 10.9 Å². The van der Waals surface area contributed by atoms with Crippen LogP contribution in [0.1, 0.15) is 34.7 Å². The van der Waals surface area contributed by atoms with Crippen LogP contribution in [-0.2, 0) is 22.5 Å². The molecule has 4 N–H and O–H groups in total. The molecule has 1 unspecified atom stereocenters. The Labute approximate surface area is 205 Å². The minimum absolute atomic E-state index is 0.0830. The standard InChI is InChI=1S/C27H26N2O7/c1-15-11-23(32)25(27(35)29(15)10-9-16-7-8-21(30)22(31)12-16)18(14-24(33)36-2)19-13-17-5-3-4-6-20(17)28-26(19)34/h3-8,11-13,18,30-32H,9-10,14H2,1-2H3,(H,28,34). The highest BCUT2D eigenvalue weighted by atomic mass is 16.5. The predicted octanol–water partition coefficient (Wildman–Crippen LogP) is 3.05. The number of hydrogen-bond acceptors (Lipinski definition) is 7. The predicted molar refractivity (Wildman–Crippen MR) is 134 cm³/mol. The lowest BCUT2D eigenvalue weighted by molar-refractivity contribution is -0.140. The van der Waals surface area contributed by atoms with Crippen LogP contribution in [0.4, 0.5) is 0 Å². The minimum atomic E-state index is -1.05. The average molecular weight is 491 g/mol. The molecule has 0 amide bonds. The molecular formula is C27H26N2O7. The summed E-state index contributed by atoms with van der Waals surface area (Å²) in [5, 5.41) is 30.8. The normalized spacial score (nSPS) is 11.9. The number of H-pyrrole nitrogens is 1. The topological polar surface area (TPSA) is 142 Å². The van der Waals surface area contributed by atoms with Crippen molar-refractivity contribution in [1.29, 1.82) is 0 Å². The molecule has 0 aliphatic carbocycles. The maximum atomic E-state index is 13.7. The van der Waals surface area contributed by atoms with E-state index in [4.69, 9.17) is 4.74 Å². The van der Waals surface area contributed by atoms with Crippen molar-refractivity contribution in [2.75, 3.05) is 7.11 Å². The number of rotatable bonds is 7. The van der Waals surface area contributed by atoms with E-state index in [9.17, 15) is 29.7 Å². The van der Waals surface area contributed by atoms with Gasteiger partial charge in [0.15, 0.2) is 11.5 Å². The van der Waals surface area contributed by atoms with Gasteiger partial charge in [-0.3, -0.25) is 14.4 Å². The number of ether oxygens (including phenoxy) is 1. The van der Waals surface area contributed by atoms with Gasteiger partial charge < -0.3 is 29.6 Å². The quantitative estimate of drug-likeness (QED) is 0.230. The van der Waals surface area contributed by atoms with Crippen molar-refractivity contribution in [3.63, 3.8) is 0 Å². The second kappa shape index (κ2) is 9.99. The summed E-state index contributed by atoms with van der Waals surface area (Å²) in [6, 6.07) is 14.6. The molecule has 0 aliphatic heterocycles. The Balaban J connectivity index is 1.82. The van der Waals surface area contributed by atoms with Gasteiger partial charge in [0.25, 0.3) is 11.1 Å². The van der Waals surface area contributed by atoms with Gasteiger partial charge in [-0.1, -0.05) is 24.3 Å². The van der Waals surface area contributed by atoms with Gasteiger partial charge in [0, 0.05) is 29.2 Å². The van der Waals surface area contributed by atoms with Gasteiger partial charge in [0.1, 0.15) is 5.75 Å². The number of phenols is 2. The summed E-state index contributed by atoms with van der Waals surface area (Å²) in [4.78, 5) is 41.8. The van der Waals surface area contributed by atoms with Gasteiger partial charge in [-0.15, -0.1) is 0 Å². The van der Waals surface area contributed by atoms with E-state index >= 15 is 0 Å². The molecule has 9 nitrogen and oxygen atoms in total. The molecule has 36 heavy (non-hydrogen) atoms. The van der Waals surface area contributed by atoms with Crippen molar-refractivity contribution in [3.05, 3.63) is 97.7 Å². The lowest BCUT2D eigenvalue weighted by Gasteiger charge is -2.20. The lowest BCUT2D eigenvalue weighted by atomic mass is 9.88. The van der Waals surface area contributed by atoms with Crippen molar-refractivity contribution in [1.82, 2.24) is 9.55 Å². The third-order valence-electron chi connectivity index (χ3n) is 6.29. The minimum Gasteiger partial charge on any atom is -0.507 e. The maximum Gasteiger partial charge on any atom is 0.306 e. The number of hydrogen-bond donors (Lipinski definition) is 4. The van der Waals surface area contributed by atoms with Crippen molar-refractivity contribution in [2.45, 2.75) is 32.2 Å². The molecular weight excluding hydrogens is 464 g/mol. The fraction of sp³-hybridized carbons (Fsp3) is 0.222. The summed E-state index contributed by atoms with van der Waals surface area (Å²) in [5.41, 5.74) is 0.818. The van der Waals surface area contributed by atoms with Crippen molar-refractivity contribution in [2.24, 2.45) is 0 Å². The van der Waals surface area contributed by atoms with Crippen molar-refractivity contribution < 1.29 is 24.9 Å². The number of aromatic nitrogens is 2. The van der Waals surface area contributed by atoms with Gasteiger partial charge in [0.05, 0.1) is 19.1 Å². The van der Waals surface area contributed by atoms with Crippen LogP contribution in [0.5, 0.6) is 17.2 Å². The van der Waals surface area contributed by atoms with Crippen molar-refractivity contribution >= 4 is 16.9 Å². The first kappa shape index (κ1) is 24.6. The van der Waals surface area contributed by atoms with Crippen LogP contribution < -0.4 is 11.1 Å². The molecule has 0 saturated heterocycles. The number of pyridine rings is 2. The number of carbonyl (C=O) groups is 1. The first-order valence-electron chi connectivity index (χ1n) is 11.3. The van der Waals surface area contributed by atoms with E-state index in [-0.39, 0.29) is 41.3 Å². The van der Waals surface area contributed by atoms with Gasteiger partial charge in [0.2, 0.25) is 0 Å². The highest BCUT2D eigenvalue weighted by molar-refractivity contribution is 5.79. The van der Waals surface area contributed by atoms with Crippen LogP contribution in [0.2, 0.25) is 0 Å². The summed E-state index contributed by atoms with van der Waals surface area (Å²) in [6.45, 7) is 1.86. The number of esters is 1. The molecule has 4 aromatic rings. The van der Waals surface area contributed by atoms with E-state index in [1.165, 1.54) is 29.9 Å². The Bertz CT molecular complexity index is 1570. The van der Waals surface area contributed by atoms with Gasteiger partial charge in [-0.2, -0.15) is 0 Å². The Kier molecular flexibility index (Phi) is 6.82. The number of carbonyl (C=O) groups excluding carboxylic acids is 1. The van der Waals surface area contributed by atoms with Crippen LogP contribution >= 0.6 is 0 Å². The zero-order valence-corrected chi connectivity index (χ0v) is 19.8. The van der Waals surface area contributed by atoms with E-state index < -0.39 is 23.0 Å². The molecule has 0 bridgehead atoms. The van der Waals surface area contributed by atoms with Crippen LogP contribution in [0.15, 0.2) is 64.2 Å². The van der Waals surface area contributed by atoms with Crippen LogP contribution in [-0.4, -0.2) is 37.9 Å². The molecule has 0 saturated carbocycles. The Hall–Kier alpha value is -4.53. The lowest BCUT2D eigenvalue weighted by Crippen LogP contribution is -2.31. The second-order valence-electron chi connectivity index (χ2n) is 8.59. The highest BCUT2D eigenvalue weighted by Gasteiger charge is 2.29. The summed E-state index contributed by atoms with van der Waals surface area (Å²) in [7, 11) is 1.21. The number of nitrogens with one attached hydrogen (secondary N) is 1. The third kappa shape index (κ3) is 4.81. The number of aromatic hydroxyl groups is 3. The first-order chi connectivity index (χ1) is 17.2. The molecule has 0 aliphatic rings. The largest absolute Gasteiger partial charge is 0.507 e. The SMILES string of the molecule is COC(=O)CC(c1cc2ccccc2[nH]c1=O)c1c(O)cc(C)n(CCc2ccc(O)c(O)c2)c1=O. The Morgan fingerprint density at radius 2 is 1.75 bits per heavy atom. The monoisotopic (exact) mass is 490 g/mol. The zero-order chi connectivity index (χ0) is 26.0. The molecule has 9 heteroatoms. The second-order valence-corrected chi connectivity index (χ2v) is 8.59. The van der Waals surface area contributed by atoms with E-state index in [1.807, 2.05) is 0 Å². The number of methoxy groups -OCH3 is 1. The van der Waals surface area contributed by atoms with E-state index in [0.29, 0.717) is 28.6 Å².